The van der Waals surface area contributed by atoms with Gasteiger partial charge in [-0.25, -0.2) is 0 Å². The number of aromatic hydroxyl groups is 2. The Bertz CT molecular complexity index is 689. The summed E-state index contributed by atoms with van der Waals surface area (Å²) in [5.74, 6) is 1.29. The van der Waals surface area contributed by atoms with Gasteiger partial charge in [-0.05, 0) is 49.6 Å². The predicted molar refractivity (Wildman–Crippen MR) is 78.3 cm³/mol. The fourth-order valence-electron chi connectivity index (χ4n) is 2.90. The molecule has 0 aromatic heterocycles. The number of phenols is 2. The van der Waals surface area contributed by atoms with Crippen molar-refractivity contribution in [3.05, 3.63) is 41.0 Å². The number of phenolic OH excluding ortho intramolecular Hbond substituents is 2. The van der Waals surface area contributed by atoms with E-state index in [1.165, 1.54) is 0 Å². The number of fused-ring (bicyclic) bond motifs is 3. The van der Waals surface area contributed by atoms with Crippen molar-refractivity contribution >= 4 is 0 Å². The largest absolute Gasteiger partial charge is 0.508 e. The quantitative estimate of drug-likeness (QED) is 0.815. The molecular weight excluding hydrogens is 252 g/mol. The molecule has 1 atom stereocenters. The highest BCUT2D eigenvalue weighted by Crippen LogP contribution is 2.49. The monoisotopic (exact) mass is 270 g/mol. The van der Waals surface area contributed by atoms with Crippen LogP contribution in [0.15, 0.2) is 24.3 Å². The van der Waals surface area contributed by atoms with Gasteiger partial charge in [0.05, 0.1) is 0 Å². The second-order valence-corrected chi connectivity index (χ2v) is 5.27. The Kier molecular flexibility index (Phi) is 2.85. The Balaban J connectivity index is 2.34. The van der Waals surface area contributed by atoms with Crippen molar-refractivity contribution in [1.82, 2.24) is 0 Å². The fraction of sp³-hybridized carbons (Fsp3) is 0.294. The van der Waals surface area contributed by atoms with Crippen molar-refractivity contribution in [1.29, 1.82) is 0 Å². The molecule has 3 heteroatoms. The lowest BCUT2D eigenvalue weighted by Crippen LogP contribution is -2.15. The number of ether oxygens (including phenoxy) is 1. The minimum Gasteiger partial charge on any atom is -0.508 e. The van der Waals surface area contributed by atoms with E-state index < -0.39 is 0 Å². The summed E-state index contributed by atoms with van der Waals surface area (Å²) in [6.45, 7) is 5.83. The zero-order chi connectivity index (χ0) is 14.4. The molecule has 104 valence electrons. The summed E-state index contributed by atoms with van der Waals surface area (Å²) < 4.78 is 6.08. The molecule has 0 saturated carbocycles. The maximum atomic E-state index is 9.94. The van der Waals surface area contributed by atoms with Gasteiger partial charge in [0, 0.05) is 16.7 Å². The third kappa shape index (κ3) is 1.66. The molecule has 0 amide bonds. The number of hydrogen-bond donors (Lipinski definition) is 2. The fourth-order valence-corrected chi connectivity index (χ4v) is 2.90. The maximum absolute atomic E-state index is 9.94. The first-order chi connectivity index (χ1) is 9.54. The van der Waals surface area contributed by atoms with E-state index >= 15 is 0 Å². The molecule has 0 aliphatic carbocycles. The van der Waals surface area contributed by atoms with Crippen LogP contribution in [-0.4, -0.2) is 10.2 Å². The van der Waals surface area contributed by atoms with Gasteiger partial charge in [-0.3, -0.25) is 0 Å². The SMILES string of the molecule is CCC1Oc2c(ccc(O)c2C)-c2ccc(O)c(C)c21. The van der Waals surface area contributed by atoms with E-state index in [1.54, 1.807) is 12.1 Å². The molecule has 20 heavy (non-hydrogen) atoms. The number of rotatable bonds is 1. The van der Waals surface area contributed by atoms with E-state index in [0.29, 0.717) is 5.75 Å². The molecular formula is C17H18O3. The average molecular weight is 270 g/mol. The van der Waals surface area contributed by atoms with Gasteiger partial charge in [-0.2, -0.15) is 0 Å². The zero-order valence-corrected chi connectivity index (χ0v) is 11.9. The summed E-state index contributed by atoms with van der Waals surface area (Å²) in [4.78, 5) is 0. The van der Waals surface area contributed by atoms with Gasteiger partial charge >= 0.3 is 0 Å². The first kappa shape index (κ1) is 12.9. The molecule has 3 nitrogen and oxygen atoms in total. The van der Waals surface area contributed by atoms with E-state index in [-0.39, 0.29) is 11.9 Å². The van der Waals surface area contributed by atoms with E-state index in [0.717, 1.165) is 40.0 Å². The minimum absolute atomic E-state index is 0.0925. The molecule has 1 unspecified atom stereocenters. The number of benzene rings is 2. The molecule has 2 aromatic rings. The highest BCUT2D eigenvalue weighted by atomic mass is 16.5. The first-order valence-electron chi connectivity index (χ1n) is 6.86. The van der Waals surface area contributed by atoms with Crippen LogP contribution in [0.5, 0.6) is 17.2 Å². The standard InChI is InChI=1S/C17H18O3/c1-4-15-16-9(2)13(18)7-5-11(16)12-6-8-14(19)10(3)17(12)20-15/h5-8,15,18-19H,4H2,1-3H3. The summed E-state index contributed by atoms with van der Waals surface area (Å²) in [5, 5.41) is 19.8. The lowest BCUT2D eigenvalue weighted by atomic mass is 9.87. The molecule has 0 spiro atoms. The van der Waals surface area contributed by atoms with Gasteiger partial charge in [-0.15, -0.1) is 0 Å². The summed E-state index contributed by atoms with van der Waals surface area (Å²) in [7, 11) is 0. The highest BCUT2D eigenvalue weighted by molar-refractivity contribution is 5.80. The Morgan fingerprint density at radius 1 is 0.950 bits per heavy atom. The highest BCUT2D eigenvalue weighted by Gasteiger charge is 2.29. The molecule has 0 radical (unpaired) electrons. The second-order valence-electron chi connectivity index (χ2n) is 5.27. The van der Waals surface area contributed by atoms with Crippen LogP contribution in [0.25, 0.3) is 11.1 Å². The van der Waals surface area contributed by atoms with Gasteiger partial charge in [0.15, 0.2) is 0 Å². The van der Waals surface area contributed by atoms with Crippen LogP contribution in [0.2, 0.25) is 0 Å². The Morgan fingerprint density at radius 2 is 1.55 bits per heavy atom. The van der Waals surface area contributed by atoms with Crippen LogP contribution in [0, 0.1) is 13.8 Å². The van der Waals surface area contributed by atoms with Crippen molar-refractivity contribution in [2.75, 3.05) is 0 Å². The summed E-state index contributed by atoms with van der Waals surface area (Å²) in [6.07, 6.45) is 0.719. The molecule has 0 saturated heterocycles. The first-order valence-corrected chi connectivity index (χ1v) is 6.86. The predicted octanol–water partition coefficient (Wildman–Crippen LogP) is 4.23. The van der Waals surface area contributed by atoms with Crippen molar-refractivity contribution < 1.29 is 14.9 Å². The van der Waals surface area contributed by atoms with Gasteiger partial charge < -0.3 is 14.9 Å². The Morgan fingerprint density at radius 3 is 2.20 bits per heavy atom. The van der Waals surface area contributed by atoms with E-state index in [1.807, 2.05) is 26.0 Å². The zero-order valence-electron chi connectivity index (χ0n) is 11.9. The lowest BCUT2D eigenvalue weighted by molar-refractivity contribution is 0.194. The topological polar surface area (TPSA) is 49.7 Å². The van der Waals surface area contributed by atoms with Crippen molar-refractivity contribution in [2.24, 2.45) is 0 Å². The summed E-state index contributed by atoms with van der Waals surface area (Å²) in [6, 6.07) is 7.21. The van der Waals surface area contributed by atoms with E-state index in [4.69, 9.17) is 4.74 Å². The van der Waals surface area contributed by atoms with E-state index in [2.05, 4.69) is 6.92 Å². The Labute approximate surface area is 118 Å². The van der Waals surface area contributed by atoms with Gasteiger partial charge in [-0.1, -0.05) is 13.0 Å². The normalized spacial score (nSPS) is 16.2. The van der Waals surface area contributed by atoms with Crippen LogP contribution < -0.4 is 4.74 Å². The average Bonchev–Trinajstić information content (AvgIpc) is 2.45. The van der Waals surface area contributed by atoms with Crippen LogP contribution in [0.4, 0.5) is 0 Å². The maximum Gasteiger partial charge on any atom is 0.134 e. The second kappa shape index (κ2) is 4.44. The van der Waals surface area contributed by atoms with Crippen LogP contribution in [0.1, 0.15) is 36.1 Å². The number of hydrogen-bond acceptors (Lipinski definition) is 3. The molecule has 2 aromatic carbocycles. The van der Waals surface area contributed by atoms with Crippen molar-refractivity contribution in [3.63, 3.8) is 0 Å². The van der Waals surface area contributed by atoms with Crippen molar-refractivity contribution in [3.8, 4) is 28.4 Å². The molecule has 2 N–H and O–H groups in total. The van der Waals surface area contributed by atoms with Crippen molar-refractivity contribution in [2.45, 2.75) is 33.3 Å². The molecule has 1 aliphatic heterocycles. The van der Waals surface area contributed by atoms with Gasteiger partial charge in [0.2, 0.25) is 0 Å². The third-order valence-electron chi connectivity index (χ3n) is 4.11. The summed E-state index contributed by atoms with van der Waals surface area (Å²) >= 11 is 0. The van der Waals surface area contributed by atoms with Gasteiger partial charge in [0.25, 0.3) is 0 Å². The van der Waals surface area contributed by atoms with Gasteiger partial charge in [0.1, 0.15) is 23.4 Å². The van der Waals surface area contributed by atoms with E-state index in [9.17, 15) is 10.2 Å². The summed E-state index contributed by atoms with van der Waals surface area (Å²) in [5.41, 5.74) is 4.73. The van der Waals surface area contributed by atoms with Crippen LogP contribution in [0.3, 0.4) is 0 Å². The lowest BCUT2D eigenvalue weighted by Gasteiger charge is -2.31. The minimum atomic E-state index is -0.0925. The molecule has 0 bridgehead atoms. The molecule has 1 aliphatic rings. The van der Waals surface area contributed by atoms with Crippen LogP contribution in [-0.2, 0) is 0 Å². The molecule has 3 rings (SSSR count). The smallest absolute Gasteiger partial charge is 0.134 e. The van der Waals surface area contributed by atoms with Crippen LogP contribution >= 0.6 is 0 Å². The molecule has 1 heterocycles. The third-order valence-corrected chi connectivity index (χ3v) is 4.11. The Hall–Kier alpha value is -2.16. The molecule has 0 fully saturated rings.